The standard InChI is InChI=1S/C16H18O4.C14H14O4.2C4H10O/c1-3-19-15-10-14(18)16(20-4-2)9-13(15)11-5-7-12(17)8-6-11;1-17-12-7-11(16)8-13(18-2)14(12)9-3-5-10(15)6-4-9;2*1-3-5-4-2/h5-10,17-18H,3-4H2,1-2H3;3-8,15-16H,1-2H3;2*3-4H2,1-2H3. The van der Waals surface area contributed by atoms with E-state index in [4.69, 9.17) is 28.4 Å². The van der Waals surface area contributed by atoms with Crippen LogP contribution in [0.4, 0.5) is 0 Å². The summed E-state index contributed by atoms with van der Waals surface area (Å²) < 4.78 is 31.1. The summed E-state index contributed by atoms with van der Waals surface area (Å²) in [5, 5.41) is 38.2. The van der Waals surface area contributed by atoms with Crippen LogP contribution in [0.15, 0.2) is 72.8 Å². The molecule has 4 rings (SSSR count). The van der Waals surface area contributed by atoms with Crippen LogP contribution in [0.5, 0.6) is 46.0 Å². The normalized spacial score (nSPS) is 9.83. The average Bonchev–Trinajstić information content (AvgIpc) is 3.08. The smallest absolute Gasteiger partial charge is 0.161 e. The van der Waals surface area contributed by atoms with Gasteiger partial charge in [-0.25, -0.2) is 0 Å². The van der Waals surface area contributed by atoms with Crippen LogP contribution in [-0.4, -0.2) is 74.3 Å². The Balaban J connectivity index is 0.000000377. The Kier molecular flexibility index (Phi) is 20.2. The number of hydrogen-bond acceptors (Lipinski definition) is 10. The van der Waals surface area contributed by atoms with Crippen LogP contribution >= 0.6 is 0 Å². The summed E-state index contributed by atoms with van der Waals surface area (Å²) in [6.07, 6.45) is 0. The molecule has 0 saturated heterocycles. The second-order valence-electron chi connectivity index (χ2n) is 9.56. The topological polar surface area (TPSA) is 136 Å². The molecule has 264 valence electrons. The Hall–Kier alpha value is -4.80. The molecule has 0 unspecified atom stereocenters. The van der Waals surface area contributed by atoms with Crippen LogP contribution in [0.25, 0.3) is 22.3 Å². The molecule has 4 aromatic carbocycles. The predicted octanol–water partition coefficient (Wildman–Crippen LogP) is 8.43. The van der Waals surface area contributed by atoms with Gasteiger partial charge in [0.2, 0.25) is 0 Å². The van der Waals surface area contributed by atoms with Crippen molar-refractivity contribution in [2.45, 2.75) is 41.5 Å². The molecule has 0 aromatic heterocycles. The van der Waals surface area contributed by atoms with Gasteiger partial charge >= 0.3 is 0 Å². The first-order valence-corrected chi connectivity index (χ1v) is 16.0. The highest BCUT2D eigenvalue weighted by Gasteiger charge is 2.15. The van der Waals surface area contributed by atoms with Gasteiger partial charge in [0.05, 0.1) is 33.0 Å². The summed E-state index contributed by atoms with van der Waals surface area (Å²) in [6, 6.07) is 19.8. The van der Waals surface area contributed by atoms with Crippen molar-refractivity contribution in [2.75, 3.05) is 53.9 Å². The number of hydrogen-bond donors (Lipinski definition) is 4. The first-order chi connectivity index (χ1) is 23.1. The maximum Gasteiger partial charge on any atom is 0.161 e. The summed E-state index contributed by atoms with van der Waals surface area (Å²) in [5.74, 6) is 2.54. The second kappa shape index (κ2) is 23.5. The minimum Gasteiger partial charge on any atom is -0.508 e. The van der Waals surface area contributed by atoms with Crippen molar-refractivity contribution < 1.29 is 48.8 Å². The lowest BCUT2D eigenvalue weighted by molar-refractivity contribution is 0.162. The van der Waals surface area contributed by atoms with E-state index in [9.17, 15) is 20.4 Å². The molecular formula is C38H52O10. The minimum atomic E-state index is 0.0535. The second-order valence-corrected chi connectivity index (χ2v) is 9.56. The van der Waals surface area contributed by atoms with Crippen molar-refractivity contribution in [3.05, 3.63) is 72.8 Å². The highest BCUT2D eigenvalue weighted by atomic mass is 16.5. The van der Waals surface area contributed by atoms with Crippen LogP contribution in [0.3, 0.4) is 0 Å². The van der Waals surface area contributed by atoms with E-state index in [1.165, 1.54) is 26.4 Å². The number of phenolic OH excluding ortho intramolecular Hbond substituents is 4. The third-order valence-corrected chi connectivity index (χ3v) is 6.30. The van der Waals surface area contributed by atoms with Crippen molar-refractivity contribution in [1.29, 1.82) is 0 Å². The average molecular weight is 669 g/mol. The maximum atomic E-state index is 9.92. The minimum absolute atomic E-state index is 0.0535. The zero-order valence-electron chi connectivity index (χ0n) is 29.4. The van der Waals surface area contributed by atoms with Crippen molar-refractivity contribution in [2.24, 2.45) is 0 Å². The van der Waals surface area contributed by atoms with Gasteiger partial charge in [-0.1, -0.05) is 24.3 Å². The molecule has 0 aliphatic rings. The quantitative estimate of drug-likeness (QED) is 0.116. The van der Waals surface area contributed by atoms with Crippen LogP contribution < -0.4 is 18.9 Å². The fourth-order valence-electron chi connectivity index (χ4n) is 4.18. The molecule has 0 aliphatic heterocycles. The van der Waals surface area contributed by atoms with Gasteiger partial charge < -0.3 is 48.8 Å². The molecule has 4 aromatic rings. The van der Waals surface area contributed by atoms with E-state index in [1.54, 1.807) is 60.7 Å². The van der Waals surface area contributed by atoms with Crippen molar-refractivity contribution in [3.8, 4) is 68.2 Å². The third kappa shape index (κ3) is 13.9. The molecule has 0 atom stereocenters. The molecule has 0 fully saturated rings. The van der Waals surface area contributed by atoms with Gasteiger partial charge in [0.25, 0.3) is 0 Å². The number of aromatic hydroxyl groups is 4. The largest absolute Gasteiger partial charge is 0.508 e. The molecular weight excluding hydrogens is 616 g/mol. The van der Waals surface area contributed by atoms with E-state index in [1.807, 2.05) is 41.5 Å². The van der Waals surface area contributed by atoms with Gasteiger partial charge in [-0.2, -0.15) is 0 Å². The van der Waals surface area contributed by atoms with Gasteiger partial charge in [-0.3, -0.25) is 0 Å². The lowest BCUT2D eigenvalue weighted by atomic mass is 10.0. The van der Waals surface area contributed by atoms with Crippen LogP contribution in [0.1, 0.15) is 41.5 Å². The van der Waals surface area contributed by atoms with Gasteiger partial charge in [0.1, 0.15) is 34.5 Å². The van der Waals surface area contributed by atoms with E-state index in [-0.39, 0.29) is 23.0 Å². The summed E-state index contributed by atoms with van der Waals surface area (Å²) in [4.78, 5) is 0. The zero-order valence-corrected chi connectivity index (χ0v) is 29.4. The molecule has 0 amide bonds. The number of benzene rings is 4. The summed E-state index contributed by atoms with van der Waals surface area (Å²) in [7, 11) is 3.05. The van der Waals surface area contributed by atoms with E-state index in [0.717, 1.165) is 48.7 Å². The van der Waals surface area contributed by atoms with Crippen LogP contribution in [-0.2, 0) is 9.47 Å². The van der Waals surface area contributed by atoms with Crippen molar-refractivity contribution in [1.82, 2.24) is 0 Å². The molecule has 10 nitrogen and oxygen atoms in total. The van der Waals surface area contributed by atoms with E-state index in [2.05, 4.69) is 0 Å². The van der Waals surface area contributed by atoms with Gasteiger partial charge in [0, 0.05) is 50.2 Å². The number of rotatable bonds is 12. The van der Waals surface area contributed by atoms with Crippen molar-refractivity contribution in [3.63, 3.8) is 0 Å². The fraction of sp³-hybridized carbons (Fsp3) is 0.368. The van der Waals surface area contributed by atoms with Gasteiger partial charge in [0.15, 0.2) is 11.5 Å². The Labute approximate surface area is 285 Å². The van der Waals surface area contributed by atoms with E-state index in [0.29, 0.717) is 36.2 Å². The monoisotopic (exact) mass is 668 g/mol. The fourth-order valence-corrected chi connectivity index (χ4v) is 4.18. The van der Waals surface area contributed by atoms with Crippen molar-refractivity contribution >= 4 is 0 Å². The molecule has 4 N–H and O–H groups in total. The Morgan fingerprint density at radius 2 is 0.854 bits per heavy atom. The summed E-state index contributed by atoms with van der Waals surface area (Å²) in [6.45, 7) is 16.0. The van der Waals surface area contributed by atoms with E-state index < -0.39 is 0 Å². The maximum absolute atomic E-state index is 9.92. The Morgan fingerprint density at radius 3 is 1.23 bits per heavy atom. The lowest BCUT2D eigenvalue weighted by Crippen LogP contribution is -1.97. The van der Waals surface area contributed by atoms with Gasteiger partial charge in [-0.05, 0) is 83.0 Å². The molecule has 0 aliphatic carbocycles. The van der Waals surface area contributed by atoms with Crippen LogP contribution in [0, 0.1) is 0 Å². The molecule has 0 spiro atoms. The Morgan fingerprint density at radius 1 is 0.438 bits per heavy atom. The van der Waals surface area contributed by atoms with E-state index >= 15 is 0 Å². The first-order valence-electron chi connectivity index (χ1n) is 16.0. The SMILES string of the molecule is CCOCC.CCOCC.CCOc1cc(-c2ccc(O)cc2)c(OCC)cc1O.COc1cc(O)cc(OC)c1-c1ccc(O)cc1. The number of ether oxygens (including phenoxy) is 6. The highest BCUT2D eigenvalue weighted by molar-refractivity contribution is 5.78. The molecule has 48 heavy (non-hydrogen) atoms. The van der Waals surface area contributed by atoms with Gasteiger partial charge in [-0.15, -0.1) is 0 Å². The lowest BCUT2D eigenvalue weighted by Gasteiger charge is -2.14. The van der Waals surface area contributed by atoms with Crippen LogP contribution in [0.2, 0.25) is 0 Å². The molecule has 0 saturated carbocycles. The zero-order chi connectivity index (χ0) is 35.9. The summed E-state index contributed by atoms with van der Waals surface area (Å²) in [5.41, 5.74) is 3.26. The molecule has 10 heteroatoms. The highest BCUT2D eigenvalue weighted by Crippen LogP contribution is 2.42. The summed E-state index contributed by atoms with van der Waals surface area (Å²) >= 11 is 0. The molecule has 0 radical (unpaired) electrons. The molecule has 0 heterocycles. The predicted molar refractivity (Wildman–Crippen MR) is 190 cm³/mol. The first kappa shape index (κ1) is 41.2. The third-order valence-electron chi connectivity index (χ3n) is 6.30. The Bertz CT molecular complexity index is 1400. The number of methoxy groups -OCH3 is 2. The number of phenols is 4. The molecule has 0 bridgehead atoms.